The van der Waals surface area contributed by atoms with Gasteiger partial charge in [0.15, 0.2) is 0 Å². The smallest absolute Gasteiger partial charge is 0.145 e. The minimum Gasteiger partial charge on any atom is -0.497 e. The zero-order valence-electron chi connectivity index (χ0n) is 15.9. The van der Waals surface area contributed by atoms with Gasteiger partial charge in [0.1, 0.15) is 11.5 Å². The van der Waals surface area contributed by atoms with Crippen LogP contribution in [-0.2, 0) is 6.42 Å². The van der Waals surface area contributed by atoms with Crippen LogP contribution in [-0.4, -0.2) is 20.8 Å². The summed E-state index contributed by atoms with van der Waals surface area (Å²) in [5.41, 5.74) is 4.23. The summed E-state index contributed by atoms with van der Waals surface area (Å²) in [6, 6.07) is 15.7. The van der Waals surface area contributed by atoms with Crippen molar-refractivity contribution in [3.63, 3.8) is 0 Å². The van der Waals surface area contributed by atoms with E-state index >= 15 is 0 Å². The predicted octanol–water partition coefficient (Wildman–Crippen LogP) is 5.39. The van der Waals surface area contributed by atoms with Crippen molar-refractivity contribution >= 4 is 5.69 Å². The Balaban J connectivity index is 1.77. The standard InChI is InChI=1S/C23H29NO2/c1-25-19-12-13-21(22(16-19)26-2)24-15-14-17-8-6-7-11-20(17)23(24)18-9-4-3-5-10-18/h6-8,11-13,16,18,23H,3-5,9-10,14-15H2,1-2H3. The number of nitrogens with zero attached hydrogens (tertiary/aromatic N) is 1. The molecule has 1 aliphatic heterocycles. The number of benzene rings is 2. The van der Waals surface area contributed by atoms with E-state index in [0.717, 1.165) is 30.4 Å². The molecule has 1 heterocycles. The van der Waals surface area contributed by atoms with Gasteiger partial charge in [0.05, 0.1) is 25.9 Å². The fourth-order valence-electron chi connectivity index (χ4n) is 4.85. The van der Waals surface area contributed by atoms with E-state index < -0.39 is 0 Å². The van der Waals surface area contributed by atoms with E-state index in [0.29, 0.717) is 6.04 Å². The van der Waals surface area contributed by atoms with Crippen molar-refractivity contribution in [2.24, 2.45) is 5.92 Å². The summed E-state index contributed by atoms with van der Waals surface area (Å²) in [6.07, 6.45) is 7.85. The number of fused-ring (bicyclic) bond motifs is 1. The molecule has 0 amide bonds. The van der Waals surface area contributed by atoms with Crippen LogP contribution >= 0.6 is 0 Å². The first kappa shape index (κ1) is 17.3. The fraction of sp³-hybridized carbons (Fsp3) is 0.478. The minimum atomic E-state index is 0.447. The molecule has 138 valence electrons. The summed E-state index contributed by atoms with van der Waals surface area (Å²) in [4.78, 5) is 2.59. The molecule has 0 spiro atoms. The average Bonchev–Trinajstić information content (AvgIpc) is 2.73. The molecule has 1 fully saturated rings. The third kappa shape index (κ3) is 3.15. The number of ether oxygens (including phenoxy) is 2. The second-order valence-electron chi connectivity index (χ2n) is 7.52. The van der Waals surface area contributed by atoms with Gasteiger partial charge < -0.3 is 14.4 Å². The lowest BCUT2D eigenvalue weighted by Crippen LogP contribution is -2.40. The summed E-state index contributed by atoms with van der Waals surface area (Å²) < 4.78 is 11.1. The zero-order chi connectivity index (χ0) is 17.9. The van der Waals surface area contributed by atoms with Crippen LogP contribution in [0.15, 0.2) is 42.5 Å². The molecule has 0 N–H and O–H groups in total. The van der Waals surface area contributed by atoms with Gasteiger partial charge in [-0.2, -0.15) is 0 Å². The van der Waals surface area contributed by atoms with Gasteiger partial charge in [0, 0.05) is 12.6 Å². The van der Waals surface area contributed by atoms with Gasteiger partial charge in [-0.15, -0.1) is 0 Å². The Bertz CT molecular complexity index is 752. The Kier molecular flexibility index (Phi) is 5.05. The van der Waals surface area contributed by atoms with Gasteiger partial charge in [0.25, 0.3) is 0 Å². The molecular weight excluding hydrogens is 322 g/mol. The molecular formula is C23H29NO2. The first-order chi connectivity index (χ1) is 12.8. The highest BCUT2D eigenvalue weighted by Gasteiger charge is 2.35. The second kappa shape index (κ2) is 7.61. The third-order valence-corrected chi connectivity index (χ3v) is 6.12. The number of hydrogen-bond donors (Lipinski definition) is 0. The fourth-order valence-corrected chi connectivity index (χ4v) is 4.85. The lowest BCUT2D eigenvalue weighted by atomic mass is 9.77. The van der Waals surface area contributed by atoms with Crippen molar-refractivity contribution in [1.82, 2.24) is 0 Å². The van der Waals surface area contributed by atoms with Gasteiger partial charge in [0.2, 0.25) is 0 Å². The molecule has 1 saturated carbocycles. The van der Waals surface area contributed by atoms with E-state index in [4.69, 9.17) is 9.47 Å². The van der Waals surface area contributed by atoms with Crippen molar-refractivity contribution in [3.8, 4) is 11.5 Å². The van der Waals surface area contributed by atoms with Crippen LogP contribution in [0.25, 0.3) is 0 Å². The number of anilines is 1. The maximum atomic E-state index is 5.74. The number of hydrogen-bond acceptors (Lipinski definition) is 3. The molecule has 2 aliphatic rings. The van der Waals surface area contributed by atoms with Crippen LogP contribution in [0, 0.1) is 5.92 Å². The molecule has 0 bridgehead atoms. The van der Waals surface area contributed by atoms with Crippen molar-refractivity contribution in [2.45, 2.75) is 44.6 Å². The summed E-state index contributed by atoms with van der Waals surface area (Å²) in [7, 11) is 3.46. The largest absolute Gasteiger partial charge is 0.497 e. The number of rotatable bonds is 4. The first-order valence-corrected chi connectivity index (χ1v) is 9.88. The maximum Gasteiger partial charge on any atom is 0.145 e. The van der Waals surface area contributed by atoms with Gasteiger partial charge >= 0.3 is 0 Å². The van der Waals surface area contributed by atoms with E-state index in [1.807, 2.05) is 6.07 Å². The Morgan fingerprint density at radius 3 is 2.50 bits per heavy atom. The van der Waals surface area contributed by atoms with Crippen LogP contribution in [0.5, 0.6) is 11.5 Å². The van der Waals surface area contributed by atoms with Gasteiger partial charge in [-0.25, -0.2) is 0 Å². The van der Waals surface area contributed by atoms with Crippen LogP contribution in [0.1, 0.15) is 49.3 Å². The quantitative estimate of drug-likeness (QED) is 0.737. The summed E-state index contributed by atoms with van der Waals surface area (Å²) in [5, 5.41) is 0. The molecule has 26 heavy (non-hydrogen) atoms. The van der Waals surface area contributed by atoms with Gasteiger partial charge in [-0.05, 0) is 48.4 Å². The van der Waals surface area contributed by atoms with E-state index in [9.17, 15) is 0 Å². The van der Waals surface area contributed by atoms with Crippen molar-refractivity contribution in [2.75, 3.05) is 25.7 Å². The maximum absolute atomic E-state index is 5.74. The lowest BCUT2D eigenvalue weighted by molar-refractivity contribution is 0.288. The molecule has 0 radical (unpaired) electrons. The minimum absolute atomic E-state index is 0.447. The Labute approximate surface area is 156 Å². The highest BCUT2D eigenvalue weighted by atomic mass is 16.5. The zero-order valence-corrected chi connectivity index (χ0v) is 15.9. The van der Waals surface area contributed by atoms with Crippen LogP contribution in [0.2, 0.25) is 0 Å². The van der Waals surface area contributed by atoms with E-state index in [1.165, 1.54) is 48.9 Å². The molecule has 4 rings (SSSR count). The monoisotopic (exact) mass is 351 g/mol. The van der Waals surface area contributed by atoms with Crippen LogP contribution < -0.4 is 14.4 Å². The van der Waals surface area contributed by atoms with Crippen molar-refractivity contribution in [1.29, 1.82) is 0 Å². The SMILES string of the molecule is COc1ccc(N2CCc3ccccc3C2C2CCCCC2)c(OC)c1. The summed E-state index contributed by atoms with van der Waals surface area (Å²) in [5.74, 6) is 2.47. The highest BCUT2D eigenvalue weighted by molar-refractivity contribution is 5.63. The van der Waals surface area contributed by atoms with Crippen molar-refractivity contribution < 1.29 is 9.47 Å². The van der Waals surface area contributed by atoms with Crippen molar-refractivity contribution in [3.05, 3.63) is 53.6 Å². The molecule has 2 aromatic rings. The lowest BCUT2D eigenvalue weighted by Gasteiger charge is -2.44. The topological polar surface area (TPSA) is 21.7 Å². The molecule has 1 atom stereocenters. The summed E-state index contributed by atoms with van der Waals surface area (Å²) in [6.45, 7) is 1.04. The third-order valence-electron chi connectivity index (χ3n) is 6.12. The molecule has 3 heteroatoms. The normalized spacial score (nSPS) is 20.5. The van der Waals surface area contributed by atoms with Gasteiger partial charge in [-0.1, -0.05) is 43.5 Å². The van der Waals surface area contributed by atoms with Crippen LogP contribution in [0.4, 0.5) is 5.69 Å². The molecule has 0 aromatic heterocycles. The molecule has 2 aromatic carbocycles. The Morgan fingerprint density at radius 1 is 0.923 bits per heavy atom. The Morgan fingerprint density at radius 2 is 1.73 bits per heavy atom. The molecule has 1 unspecified atom stereocenters. The second-order valence-corrected chi connectivity index (χ2v) is 7.52. The first-order valence-electron chi connectivity index (χ1n) is 9.88. The average molecular weight is 351 g/mol. The van der Waals surface area contributed by atoms with Gasteiger partial charge in [-0.3, -0.25) is 0 Å². The van der Waals surface area contributed by atoms with E-state index in [2.05, 4.69) is 41.3 Å². The Hall–Kier alpha value is -2.16. The molecule has 1 aliphatic carbocycles. The number of methoxy groups -OCH3 is 2. The van der Waals surface area contributed by atoms with E-state index in [1.54, 1.807) is 14.2 Å². The van der Waals surface area contributed by atoms with Crippen LogP contribution in [0.3, 0.4) is 0 Å². The van der Waals surface area contributed by atoms with E-state index in [-0.39, 0.29) is 0 Å². The highest BCUT2D eigenvalue weighted by Crippen LogP contribution is 2.46. The summed E-state index contributed by atoms with van der Waals surface area (Å²) >= 11 is 0. The molecule has 3 nitrogen and oxygen atoms in total. The molecule has 0 saturated heterocycles. The predicted molar refractivity (Wildman–Crippen MR) is 106 cm³/mol.